The zero-order valence-electron chi connectivity index (χ0n) is 8.59. The van der Waals surface area contributed by atoms with Gasteiger partial charge in [0.1, 0.15) is 5.82 Å². The van der Waals surface area contributed by atoms with E-state index in [-0.39, 0.29) is 23.2 Å². The SMILES string of the molecule is C=CCNCC(=O)Nc1c(F)cccc1Cl. The van der Waals surface area contributed by atoms with Crippen LogP contribution in [0.4, 0.5) is 10.1 Å². The molecular weight excluding hydrogens is 231 g/mol. The summed E-state index contributed by atoms with van der Waals surface area (Å²) < 4.78 is 13.3. The Morgan fingerprint density at radius 1 is 1.56 bits per heavy atom. The van der Waals surface area contributed by atoms with Gasteiger partial charge < -0.3 is 10.6 Å². The number of carbonyl (C=O) groups is 1. The molecule has 0 heterocycles. The van der Waals surface area contributed by atoms with Crippen molar-refractivity contribution in [1.82, 2.24) is 5.32 Å². The Hall–Kier alpha value is -1.39. The summed E-state index contributed by atoms with van der Waals surface area (Å²) in [5.74, 6) is -0.904. The van der Waals surface area contributed by atoms with Crippen molar-refractivity contribution in [2.75, 3.05) is 18.4 Å². The van der Waals surface area contributed by atoms with Gasteiger partial charge in [-0.15, -0.1) is 6.58 Å². The molecule has 0 aliphatic heterocycles. The molecule has 0 aromatic heterocycles. The molecule has 0 saturated carbocycles. The van der Waals surface area contributed by atoms with Crippen molar-refractivity contribution in [3.63, 3.8) is 0 Å². The zero-order valence-corrected chi connectivity index (χ0v) is 9.35. The third-order valence-corrected chi connectivity index (χ3v) is 2.12. The molecule has 0 saturated heterocycles. The quantitative estimate of drug-likeness (QED) is 0.614. The van der Waals surface area contributed by atoms with Crippen LogP contribution >= 0.6 is 11.6 Å². The summed E-state index contributed by atoms with van der Waals surface area (Å²) in [5, 5.41) is 5.37. The molecule has 16 heavy (non-hydrogen) atoms. The lowest BCUT2D eigenvalue weighted by Crippen LogP contribution is -2.28. The first-order valence-electron chi connectivity index (χ1n) is 4.70. The summed E-state index contributed by atoms with van der Waals surface area (Å²) in [6.45, 7) is 4.09. The van der Waals surface area contributed by atoms with Crippen LogP contribution in [0.1, 0.15) is 0 Å². The van der Waals surface area contributed by atoms with Crippen LogP contribution in [0.2, 0.25) is 5.02 Å². The summed E-state index contributed by atoms with van der Waals surface area (Å²) in [6, 6.07) is 4.22. The van der Waals surface area contributed by atoms with Gasteiger partial charge in [0.2, 0.25) is 5.91 Å². The fourth-order valence-corrected chi connectivity index (χ4v) is 1.30. The highest BCUT2D eigenvalue weighted by Crippen LogP contribution is 2.24. The van der Waals surface area contributed by atoms with E-state index >= 15 is 0 Å². The van der Waals surface area contributed by atoms with Crippen molar-refractivity contribution in [3.8, 4) is 0 Å². The Bertz CT molecular complexity index is 375. The number of carbonyl (C=O) groups excluding carboxylic acids is 1. The van der Waals surface area contributed by atoms with E-state index in [1.54, 1.807) is 6.08 Å². The Balaban J connectivity index is 2.59. The van der Waals surface area contributed by atoms with Gasteiger partial charge in [-0.3, -0.25) is 4.79 Å². The maximum Gasteiger partial charge on any atom is 0.238 e. The monoisotopic (exact) mass is 242 g/mol. The van der Waals surface area contributed by atoms with Crippen molar-refractivity contribution in [1.29, 1.82) is 0 Å². The smallest absolute Gasteiger partial charge is 0.238 e. The third-order valence-electron chi connectivity index (χ3n) is 1.80. The molecule has 0 bridgehead atoms. The van der Waals surface area contributed by atoms with Gasteiger partial charge >= 0.3 is 0 Å². The van der Waals surface area contributed by atoms with Gasteiger partial charge in [0.05, 0.1) is 17.3 Å². The number of anilines is 1. The van der Waals surface area contributed by atoms with E-state index in [1.807, 2.05) is 0 Å². The van der Waals surface area contributed by atoms with Gasteiger partial charge in [-0.2, -0.15) is 0 Å². The van der Waals surface area contributed by atoms with Crippen molar-refractivity contribution < 1.29 is 9.18 Å². The Labute approximate surface area is 98.3 Å². The Kier molecular flexibility index (Phi) is 4.95. The maximum absolute atomic E-state index is 13.3. The summed E-state index contributed by atoms with van der Waals surface area (Å²) >= 11 is 5.74. The summed E-state index contributed by atoms with van der Waals surface area (Å²) in [6.07, 6.45) is 1.63. The number of halogens is 2. The van der Waals surface area contributed by atoms with Gasteiger partial charge in [0.15, 0.2) is 0 Å². The summed E-state index contributed by atoms with van der Waals surface area (Å²) in [5.41, 5.74) is 0.00886. The van der Waals surface area contributed by atoms with Crippen LogP contribution in [-0.4, -0.2) is 19.0 Å². The van der Waals surface area contributed by atoms with Gasteiger partial charge in [0, 0.05) is 6.54 Å². The number of amides is 1. The molecule has 0 aliphatic rings. The van der Waals surface area contributed by atoms with Crippen molar-refractivity contribution >= 4 is 23.2 Å². The molecule has 1 rings (SSSR count). The van der Waals surface area contributed by atoms with Crippen LogP contribution < -0.4 is 10.6 Å². The largest absolute Gasteiger partial charge is 0.321 e. The van der Waals surface area contributed by atoms with E-state index in [0.717, 1.165) is 0 Å². The molecule has 1 aromatic carbocycles. The maximum atomic E-state index is 13.3. The first kappa shape index (κ1) is 12.7. The zero-order chi connectivity index (χ0) is 12.0. The molecule has 1 amide bonds. The summed E-state index contributed by atoms with van der Waals surface area (Å²) in [7, 11) is 0. The van der Waals surface area contributed by atoms with E-state index in [4.69, 9.17) is 11.6 Å². The minimum atomic E-state index is -0.551. The third kappa shape index (κ3) is 3.64. The molecule has 0 unspecified atom stereocenters. The van der Waals surface area contributed by atoms with E-state index < -0.39 is 5.82 Å². The summed E-state index contributed by atoms with van der Waals surface area (Å²) in [4.78, 5) is 11.4. The second-order valence-corrected chi connectivity index (χ2v) is 3.47. The van der Waals surface area contributed by atoms with Crippen LogP contribution in [-0.2, 0) is 4.79 Å². The number of hydrogen-bond donors (Lipinski definition) is 2. The minimum absolute atomic E-state index is 0.00886. The standard InChI is InChI=1S/C11H12ClFN2O/c1-2-6-14-7-10(16)15-11-8(12)4-3-5-9(11)13/h2-5,14H,1,6-7H2,(H,15,16). The fraction of sp³-hybridized carbons (Fsp3) is 0.182. The molecule has 86 valence electrons. The highest BCUT2D eigenvalue weighted by molar-refractivity contribution is 6.33. The number of benzene rings is 1. The lowest BCUT2D eigenvalue weighted by Gasteiger charge is -2.08. The second kappa shape index (κ2) is 6.25. The molecule has 5 heteroatoms. The fourth-order valence-electron chi connectivity index (χ4n) is 1.09. The molecule has 0 spiro atoms. The normalized spacial score (nSPS) is 9.88. The first-order valence-corrected chi connectivity index (χ1v) is 5.08. The lowest BCUT2D eigenvalue weighted by molar-refractivity contribution is -0.115. The van der Waals surface area contributed by atoms with Crippen LogP contribution in [0, 0.1) is 5.82 Å². The van der Waals surface area contributed by atoms with Crippen LogP contribution in [0.5, 0.6) is 0 Å². The van der Waals surface area contributed by atoms with E-state index in [1.165, 1.54) is 18.2 Å². The molecular formula is C11H12ClFN2O. The van der Waals surface area contributed by atoms with Gasteiger partial charge in [-0.25, -0.2) is 4.39 Å². The van der Waals surface area contributed by atoms with Crippen molar-refractivity contribution in [3.05, 3.63) is 41.7 Å². The van der Waals surface area contributed by atoms with Crippen LogP contribution in [0.3, 0.4) is 0 Å². The molecule has 0 radical (unpaired) electrons. The van der Waals surface area contributed by atoms with Gasteiger partial charge in [-0.05, 0) is 12.1 Å². The topological polar surface area (TPSA) is 41.1 Å². The molecule has 3 nitrogen and oxygen atoms in total. The molecule has 0 aliphatic carbocycles. The average molecular weight is 243 g/mol. The van der Waals surface area contributed by atoms with Crippen LogP contribution in [0.25, 0.3) is 0 Å². The molecule has 0 fully saturated rings. The predicted molar refractivity (Wildman–Crippen MR) is 63.1 cm³/mol. The van der Waals surface area contributed by atoms with Crippen molar-refractivity contribution in [2.45, 2.75) is 0 Å². The number of nitrogens with one attached hydrogen (secondary N) is 2. The van der Waals surface area contributed by atoms with E-state index in [2.05, 4.69) is 17.2 Å². The van der Waals surface area contributed by atoms with Crippen molar-refractivity contribution in [2.24, 2.45) is 0 Å². The van der Waals surface area contributed by atoms with Crippen LogP contribution in [0.15, 0.2) is 30.9 Å². The molecule has 1 aromatic rings. The number of para-hydroxylation sites is 1. The van der Waals surface area contributed by atoms with Gasteiger partial charge in [0.25, 0.3) is 0 Å². The first-order chi connectivity index (χ1) is 7.65. The minimum Gasteiger partial charge on any atom is -0.321 e. The highest BCUT2D eigenvalue weighted by Gasteiger charge is 2.09. The van der Waals surface area contributed by atoms with Gasteiger partial charge in [-0.1, -0.05) is 23.7 Å². The second-order valence-electron chi connectivity index (χ2n) is 3.06. The molecule has 0 atom stereocenters. The lowest BCUT2D eigenvalue weighted by atomic mass is 10.3. The number of rotatable bonds is 5. The average Bonchev–Trinajstić information content (AvgIpc) is 2.24. The number of hydrogen-bond acceptors (Lipinski definition) is 2. The predicted octanol–water partition coefficient (Wildman–Crippen LogP) is 2.19. The Morgan fingerprint density at radius 3 is 2.94 bits per heavy atom. The highest BCUT2D eigenvalue weighted by atomic mass is 35.5. The molecule has 2 N–H and O–H groups in total. The van der Waals surface area contributed by atoms with E-state index in [9.17, 15) is 9.18 Å². The van der Waals surface area contributed by atoms with E-state index in [0.29, 0.717) is 6.54 Å². The Morgan fingerprint density at radius 2 is 2.31 bits per heavy atom.